The molecule has 2 fully saturated rings. The van der Waals surface area contributed by atoms with Gasteiger partial charge in [0.2, 0.25) is 5.91 Å². The summed E-state index contributed by atoms with van der Waals surface area (Å²) in [7, 11) is 2.48. The minimum atomic E-state index is -1.04. The number of nitrogen functional groups attached to an aromatic ring is 1. The van der Waals surface area contributed by atoms with Crippen LogP contribution in [0.15, 0.2) is 110 Å². The molecule has 8 rings (SSSR count). The molecule has 17 heteroatoms. The van der Waals surface area contributed by atoms with Crippen LogP contribution in [0.5, 0.6) is 0 Å². The van der Waals surface area contributed by atoms with E-state index in [0.717, 1.165) is 62.1 Å². The van der Waals surface area contributed by atoms with Crippen LogP contribution in [0.2, 0.25) is 0 Å². The number of nitrogens with two attached hydrogens (primary N) is 2. The number of likely N-dealkylation sites (tertiary alicyclic amines) is 2. The molecule has 330 valence electrons. The van der Waals surface area contributed by atoms with Crippen molar-refractivity contribution < 1.29 is 28.7 Å². The van der Waals surface area contributed by atoms with Crippen molar-refractivity contribution in [1.82, 2.24) is 44.7 Å². The summed E-state index contributed by atoms with van der Waals surface area (Å²) in [6.45, 7) is 8.66. The zero-order valence-corrected chi connectivity index (χ0v) is 36.1. The lowest BCUT2D eigenvalue weighted by molar-refractivity contribution is -0.139. The van der Waals surface area contributed by atoms with E-state index in [2.05, 4.69) is 57.2 Å². The van der Waals surface area contributed by atoms with Crippen LogP contribution >= 0.6 is 0 Å². The zero-order chi connectivity index (χ0) is 45.2. The summed E-state index contributed by atoms with van der Waals surface area (Å²) in [5.41, 5.74) is 6.69. The Morgan fingerprint density at radius 1 is 0.859 bits per heavy atom. The van der Waals surface area contributed by atoms with Gasteiger partial charge in [-0.25, -0.2) is 35.1 Å². The van der Waals surface area contributed by atoms with E-state index in [1.807, 2.05) is 44.2 Å². The Morgan fingerprint density at radius 3 is 2.25 bits per heavy atom. The Bertz CT molecular complexity index is 2710. The highest BCUT2D eigenvalue weighted by molar-refractivity contribution is 5.91. The monoisotopic (exact) mass is 865 g/mol. The zero-order valence-electron chi connectivity index (χ0n) is 36.1. The largest absolute Gasteiger partial charge is 0.453 e. The van der Waals surface area contributed by atoms with Gasteiger partial charge in [-0.3, -0.25) is 14.6 Å². The first-order valence-electron chi connectivity index (χ1n) is 21.0. The molecule has 3 aromatic heterocycles. The number of rotatable bonds is 11. The van der Waals surface area contributed by atoms with Gasteiger partial charge in [-0.2, -0.15) is 0 Å². The Hall–Kier alpha value is -7.53. The number of fused-ring (bicyclic) bond motifs is 1. The number of H-pyrrole nitrogens is 1. The Labute approximate surface area is 370 Å². The fraction of sp³-hybridized carbons (Fsp3) is 0.298. The molecule has 2 aliphatic rings. The van der Waals surface area contributed by atoms with Gasteiger partial charge in [-0.1, -0.05) is 80.6 Å². The first kappa shape index (κ1) is 43.1. The van der Waals surface area contributed by atoms with Crippen molar-refractivity contribution in [1.29, 1.82) is 0 Å². The van der Waals surface area contributed by atoms with Gasteiger partial charge in [0.1, 0.15) is 17.9 Å². The number of benzene rings is 3. The average molecular weight is 866 g/mol. The molecule has 0 bridgehead atoms. The molecule has 4 amide bonds. The maximum Gasteiger partial charge on any atom is 0.424 e. The number of pyridine rings is 1. The summed E-state index contributed by atoms with van der Waals surface area (Å²) in [6, 6.07) is 21.3. The summed E-state index contributed by atoms with van der Waals surface area (Å²) in [6.07, 6.45) is 7.09. The van der Waals surface area contributed by atoms with Gasteiger partial charge < -0.3 is 35.4 Å². The summed E-state index contributed by atoms with van der Waals surface area (Å²) < 4.78 is 11.1. The van der Waals surface area contributed by atoms with Gasteiger partial charge in [0, 0.05) is 42.2 Å². The second kappa shape index (κ2) is 18.1. The number of aromatic amines is 1. The molecule has 3 aromatic carbocycles. The highest BCUT2D eigenvalue weighted by atomic mass is 16.5. The molecule has 64 heavy (non-hydrogen) atoms. The number of carbonyl (C=O) groups excluding carboxylic acids is 4. The molecular weight excluding hydrogens is 815 g/mol. The third-order valence-corrected chi connectivity index (χ3v) is 12.1. The van der Waals surface area contributed by atoms with Crippen molar-refractivity contribution in [3.05, 3.63) is 127 Å². The quantitative estimate of drug-likeness (QED) is 0.0481. The third kappa shape index (κ3) is 8.36. The van der Waals surface area contributed by atoms with Gasteiger partial charge in [0.25, 0.3) is 5.91 Å². The summed E-state index contributed by atoms with van der Waals surface area (Å²) in [5, 5.41) is 5.63. The number of aromatic nitrogens is 5. The minimum Gasteiger partial charge on any atom is -0.453 e. The van der Waals surface area contributed by atoms with Gasteiger partial charge in [0.05, 0.1) is 50.1 Å². The van der Waals surface area contributed by atoms with E-state index in [4.69, 9.17) is 26.1 Å². The second-order valence-electron chi connectivity index (χ2n) is 16.5. The fourth-order valence-corrected chi connectivity index (χ4v) is 8.78. The van der Waals surface area contributed by atoms with Gasteiger partial charge in [-0.05, 0) is 65.3 Å². The number of hydrogen-bond donors (Lipinski definition) is 4. The fourth-order valence-electron chi connectivity index (χ4n) is 8.78. The second-order valence-corrected chi connectivity index (χ2v) is 16.5. The van der Waals surface area contributed by atoms with E-state index in [1.54, 1.807) is 40.5 Å². The molecule has 0 spiro atoms. The number of hydrogen-bond acceptors (Lipinski definition) is 11. The molecule has 5 heterocycles. The number of amides is 4. The molecule has 6 N–H and O–H groups in total. The van der Waals surface area contributed by atoms with Gasteiger partial charge in [0.15, 0.2) is 5.82 Å². The molecule has 2 aliphatic heterocycles. The van der Waals surface area contributed by atoms with Crippen molar-refractivity contribution >= 4 is 34.8 Å². The third-order valence-electron chi connectivity index (χ3n) is 12.1. The minimum absolute atomic E-state index is 0.228. The van der Waals surface area contributed by atoms with Crippen LogP contribution in [0.1, 0.15) is 68.4 Å². The van der Waals surface area contributed by atoms with Crippen LogP contribution in [0.25, 0.3) is 44.4 Å². The van der Waals surface area contributed by atoms with Crippen LogP contribution < -0.4 is 17.0 Å². The van der Waals surface area contributed by atoms with E-state index in [9.17, 15) is 19.2 Å². The number of methoxy groups -OCH3 is 2. The summed E-state index contributed by atoms with van der Waals surface area (Å²) in [4.78, 5) is 72.7. The van der Waals surface area contributed by atoms with Crippen LogP contribution in [0, 0.1) is 5.92 Å². The lowest BCUT2D eigenvalue weighted by Gasteiger charge is -2.33. The normalized spacial score (nSPS) is 17.1. The number of hydrazine groups is 1. The molecule has 17 nitrogen and oxygen atoms in total. The van der Waals surface area contributed by atoms with Crippen molar-refractivity contribution in [2.45, 2.75) is 57.3 Å². The van der Waals surface area contributed by atoms with E-state index in [1.165, 1.54) is 25.1 Å². The van der Waals surface area contributed by atoms with E-state index in [0.29, 0.717) is 35.9 Å². The number of nitrogens with one attached hydrogen (secondary N) is 2. The first-order valence-corrected chi connectivity index (χ1v) is 21.0. The van der Waals surface area contributed by atoms with E-state index >= 15 is 0 Å². The topological polar surface area (TPSA) is 220 Å². The standard InChI is InChI=1S/C47H51N11O6/c1-27(2)41(58(49)47(62)64-5)45(60)55-19-7-9-37(55)42-51-24-36(53-42)34-17-16-32-21-31(14-15-33(32)22-34)29-10-12-30(13-11-29)39-25-52-43(57(39)48)38-20-28(3)26-56(38)44(59)40(54-46(61)63-4)35-8-6-18-50-23-35/h6,8,10-18,21-25,27,37-38,40-41H,3,7,9,19-20,26,48-49H2,1-2,4-5H3,(H,51,53)(H,54,61)/t37-,38-,40?,41-/m0/s1. The Balaban J connectivity index is 0.970. The number of ether oxygens (including phenoxy) is 2. The molecule has 0 saturated carbocycles. The predicted molar refractivity (Wildman–Crippen MR) is 240 cm³/mol. The van der Waals surface area contributed by atoms with Crippen LogP contribution in [-0.2, 0) is 19.1 Å². The van der Waals surface area contributed by atoms with Crippen molar-refractivity contribution in [3.63, 3.8) is 0 Å². The molecule has 6 aromatic rings. The first-order chi connectivity index (χ1) is 30.9. The smallest absolute Gasteiger partial charge is 0.424 e. The molecule has 0 radical (unpaired) electrons. The van der Waals surface area contributed by atoms with Crippen molar-refractivity contribution in [2.75, 3.05) is 33.2 Å². The van der Waals surface area contributed by atoms with Gasteiger partial charge in [-0.15, -0.1) is 0 Å². The number of carbonyl (C=O) groups is 4. The molecule has 0 aliphatic carbocycles. The number of imidazole rings is 2. The van der Waals surface area contributed by atoms with E-state index < -0.39 is 30.3 Å². The highest BCUT2D eigenvalue weighted by Crippen LogP contribution is 2.38. The molecule has 2 saturated heterocycles. The maximum atomic E-state index is 14.1. The number of nitrogens with zero attached hydrogens (tertiary/aromatic N) is 7. The van der Waals surface area contributed by atoms with Crippen molar-refractivity contribution in [2.24, 2.45) is 11.8 Å². The Morgan fingerprint density at radius 2 is 1.56 bits per heavy atom. The summed E-state index contributed by atoms with van der Waals surface area (Å²) in [5.74, 6) is 13.1. The number of alkyl carbamates (subject to hydrolysis) is 1. The van der Waals surface area contributed by atoms with Crippen LogP contribution in [0.4, 0.5) is 9.59 Å². The maximum absolute atomic E-state index is 14.1. The average Bonchev–Trinajstić information content (AvgIpc) is 4.14. The highest BCUT2D eigenvalue weighted by Gasteiger charge is 2.41. The lowest BCUT2D eigenvalue weighted by Crippen LogP contribution is -2.56. The lowest BCUT2D eigenvalue weighted by atomic mass is 9.98. The van der Waals surface area contributed by atoms with Crippen molar-refractivity contribution in [3.8, 4) is 33.6 Å². The molecule has 4 atom stereocenters. The predicted octanol–water partition coefficient (Wildman–Crippen LogP) is 6.43. The van der Waals surface area contributed by atoms with E-state index in [-0.39, 0.29) is 30.3 Å². The van der Waals surface area contributed by atoms with Gasteiger partial charge >= 0.3 is 12.2 Å². The molecular formula is C47H51N11O6. The molecule has 1 unspecified atom stereocenters. The summed E-state index contributed by atoms with van der Waals surface area (Å²) >= 11 is 0. The van der Waals surface area contributed by atoms with Crippen LogP contribution in [-0.4, -0.2) is 96.8 Å². The SMILES string of the molecule is C=C1C[C@@H](c2ncc(-c3ccc(-c4ccc5cc(-c6cnc([C@@H]7CCCN7C(=O)[C@H](C(C)C)N(N)C(=O)OC)[nH]6)ccc5c4)cc3)n2N)N(C(=O)C(NC(=O)OC)c2cccnc2)C1. The Kier molecular flexibility index (Phi) is 12.2. The van der Waals surface area contributed by atoms with Crippen LogP contribution in [0.3, 0.4) is 0 Å².